The van der Waals surface area contributed by atoms with Crippen LogP contribution in [0.3, 0.4) is 0 Å². The minimum absolute atomic E-state index is 0.177. The van der Waals surface area contributed by atoms with E-state index in [-0.39, 0.29) is 18.5 Å². The molecule has 0 saturated carbocycles. The summed E-state index contributed by atoms with van der Waals surface area (Å²) in [6.07, 6.45) is 0.769. The van der Waals surface area contributed by atoms with Crippen molar-refractivity contribution in [2.75, 3.05) is 39.3 Å². The van der Waals surface area contributed by atoms with E-state index < -0.39 is 0 Å². The van der Waals surface area contributed by atoms with Crippen molar-refractivity contribution in [2.24, 2.45) is 5.92 Å². The summed E-state index contributed by atoms with van der Waals surface area (Å²) in [4.78, 5) is 9.62. The van der Waals surface area contributed by atoms with Gasteiger partial charge < -0.3 is 10.0 Å². The topological polar surface area (TPSA) is 63.7 Å². The van der Waals surface area contributed by atoms with Gasteiger partial charge in [-0.25, -0.2) is 9.82 Å². The van der Waals surface area contributed by atoms with Crippen LogP contribution < -0.4 is 10.9 Å². The van der Waals surface area contributed by atoms with Crippen LogP contribution in [0, 0.1) is 18.7 Å². The number of nitrogens with one attached hydrogen (secondary N) is 2. The fraction of sp³-hybridized carbons (Fsp3) is 0.522. The Kier molecular flexibility index (Phi) is 7.07. The molecule has 3 N–H and O–H groups in total. The smallest absolute Gasteiger partial charge is 0.123 e. The van der Waals surface area contributed by atoms with Crippen molar-refractivity contribution in [2.45, 2.75) is 32.0 Å². The largest absolute Gasteiger partial charge is 0.396 e. The molecule has 1 aromatic carbocycles. The number of aliphatic hydroxyl groups is 1. The molecule has 6 nitrogen and oxygen atoms in total. The maximum absolute atomic E-state index is 13.3. The molecule has 7 heteroatoms. The maximum atomic E-state index is 13.3. The van der Waals surface area contributed by atoms with Crippen molar-refractivity contribution in [1.82, 2.24) is 25.6 Å². The highest BCUT2D eigenvalue weighted by Gasteiger charge is 2.33. The third kappa shape index (κ3) is 5.22. The molecular weight excluding hydrogens is 381 g/mol. The average molecular weight is 414 g/mol. The van der Waals surface area contributed by atoms with Crippen LogP contribution in [-0.2, 0) is 6.54 Å². The highest BCUT2D eigenvalue weighted by Crippen LogP contribution is 2.27. The van der Waals surface area contributed by atoms with Gasteiger partial charge in [0.15, 0.2) is 0 Å². The number of halogens is 1. The van der Waals surface area contributed by atoms with Crippen LogP contribution in [0.25, 0.3) is 0 Å². The molecule has 2 aliphatic heterocycles. The van der Waals surface area contributed by atoms with Gasteiger partial charge in [0, 0.05) is 63.5 Å². The van der Waals surface area contributed by atoms with Gasteiger partial charge >= 0.3 is 0 Å². The molecule has 0 spiro atoms. The van der Waals surface area contributed by atoms with Crippen LogP contribution in [0.5, 0.6) is 0 Å². The van der Waals surface area contributed by atoms with Crippen molar-refractivity contribution in [3.05, 3.63) is 65.2 Å². The van der Waals surface area contributed by atoms with Gasteiger partial charge in [0.05, 0.1) is 11.7 Å². The number of nitrogens with zero attached hydrogens (tertiary/aromatic N) is 3. The maximum Gasteiger partial charge on any atom is 0.123 e. The average Bonchev–Trinajstić information content (AvgIpc) is 3.19. The summed E-state index contributed by atoms with van der Waals surface area (Å²) in [5.74, 6) is 0.211. The lowest BCUT2D eigenvalue weighted by molar-refractivity contribution is 0.0449. The third-order valence-corrected chi connectivity index (χ3v) is 6.28. The summed E-state index contributed by atoms with van der Waals surface area (Å²) in [6, 6.07) is 13.5. The highest BCUT2D eigenvalue weighted by atomic mass is 19.1. The van der Waals surface area contributed by atoms with Gasteiger partial charge in [0.25, 0.3) is 0 Å². The second-order valence-electron chi connectivity index (χ2n) is 8.48. The number of hydrogen-bond acceptors (Lipinski definition) is 6. The van der Waals surface area contributed by atoms with Crippen LogP contribution >= 0.6 is 0 Å². The standard InChI is InChI=1S/C23H32FN5O/c1-17-3-2-4-21(26-17)15-29-11-10-28(16-22(29)9-12-30)14-19-13-25-27-23(19)18-5-7-20(24)8-6-18/h2-8,19,22-23,25,27,30H,9-16H2,1H3. The number of pyridine rings is 1. The lowest BCUT2D eigenvalue weighted by Crippen LogP contribution is -2.54. The molecule has 3 heterocycles. The molecule has 1 aromatic heterocycles. The molecule has 0 amide bonds. The second kappa shape index (κ2) is 9.94. The van der Waals surface area contributed by atoms with Gasteiger partial charge in [-0.15, -0.1) is 0 Å². The van der Waals surface area contributed by atoms with Crippen molar-refractivity contribution >= 4 is 0 Å². The number of hydrazine groups is 1. The fourth-order valence-electron chi connectivity index (χ4n) is 4.71. The van der Waals surface area contributed by atoms with Crippen molar-refractivity contribution in [1.29, 1.82) is 0 Å². The minimum Gasteiger partial charge on any atom is -0.396 e. The Labute approximate surface area is 178 Å². The summed E-state index contributed by atoms with van der Waals surface area (Å²) in [5.41, 5.74) is 9.88. The first-order valence-electron chi connectivity index (χ1n) is 10.9. The monoisotopic (exact) mass is 413 g/mol. The van der Waals surface area contributed by atoms with Crippen LogP contribution in [0.2, 0.25) is 0 Å². The summed E-state index contributed by atoms with van der Waals surface area (Å²) in [5, 5.41) is 9.62. The lowest BCUT2D eigenvalue weighted by Gasteiger charge is -2.42. The molecular formula is C23H32FN5O. The molecule has 0 bridgehead atoms. The number of benzene rings is 1. The van der Waals surface area contributed by atoms with Gasteiger partial charge in [0.2, 0.25) is 0 Å². The van der Waals surface area contributed by atoms with Gasteiger partial charge in [0.1, 0.15) is 5.82 Å². The van der Waals surface area contributed by atoms with Gasteiger partial charge in [-0.05, 0) is 43.2 Å². The van der Waals surface area contributed by atoms with Crippen LogP contribution in [0.1, 0.15) is 29.4 Å². The summed E-state index contributed by atoms with van der Waals surface area (Å²) >= 11 is 0. The van der Waals surface area contributed by atoms with Crippen molar-refractivity contribution in [3.8, 4) is 0 Å². The number of rotatable bonds is 7. The number of piperazine rings is 1. The molecule has 2 aromatic rings. The molecule has 2 aliphatic rings. The highest BCUT2D eigenvalue weighted by molar-refractivity contribution is 5.21. The third-order valence-electron chi connectivity index (χ3n) is 6.28. The van der Waals surface area contributed by atoms with E-state index >= 15 is 0 Å². The van der Waals surface area contributed by atoms with E-state index in [4.69, 9.17) is 0 Å². The Bertz CT molecular complexity index is 817. The van der Waals surface area contributed by atoms with Gasteiger partial charge in [-0.2, -0.15) is 0 Å². The first-order chi connectivity index (χ1) is 14.6. The fourth-order valence-corrected chi connectivity index (χ4v) is 4.71. The van der Waals surface area contributed by atoms with Gasteiger partial charge in [-0.3, -0.25) is 15.3 Å². The summed E-state index contributed by atoms with van der Waals surface area (Å²) in [6.45, 7) is 7.81. The van der Waals surface area contributed by atoms with E-state index in [2.05, 4.69) is 37.8 Å². The molecule has 2 fully saturated rings. The zero-order valence-corrected chi connectivity index (χ0v) is 17.6. The first-order valence-corrected chi connectivity index (χ1v) is 10.9. The van der Waals surface area contributed by atoms with Crippen LogP contribution in [0.15, 0.2) is 42.5 Å². The Morgan fingerprint density at radius 2 is 2.00 bits per heavy atom. The number of hydrogen-bond donors (Lipinski definition) is 3. The number of aryl methyl sites for hydroxylation is 1. The quantitative estimate of drug-likeness (QED) is 0.644. The van der Waals surface area contributed by atoms with Crippen LogP contribution in [0.4, 0.5) is 4.39 Å². The Morgan fingerprint density at radius 1 is 1.17 bits per heavy atom. The molecule has 4 rings (SSSR count). The van der Waals surface area contributed by atoms with Gasteiger partial charge in [-0.1, -0.05) is 18.2 Å². The zero-order chi connectivity index (χ0) is 20.9. The van der Waals surface area contributed by atoms with E-state index in [0.717, 1.165) is 62.6 Å². The Morgan fingerprint density at radius 3 is 2.77 bits per heavy atom. The summed E-state index contributed by atoms with van der Waals surface area (Å²) in [7, 11) is 0. The molecule has 0 radical (unpaired) electrons. The molecule has 2 saturated heterocycles. The number of aliphatic hydroxyl groups excluding tert-OH is 1. The van der Waals surface area contributed by atoms with E-state index in [0.29, 0.717) is 12.0 Å². The normalized spacial score (nSPS) is 25.6. The molecule has 3 atom stereocenters. The minimum atomic E-state index is -0.202. The molecule has 162 valence electrons. The van der Waals surface area contributed by atoms with Crippen molar-refractivity contribution < 1.29 is 9.50 Å². The molecule has 30 heavy (non-hydrogen) atoms. The second-order valence-corrected chi connectivity index (χ2v) is 8.48. The first kappa shape index (κ1) is 21.3. The Balaban J connectivity index is 1.38. The van der Waals surface area contributed by atoms with E-state index in [1.54, 1.807) is 0 Å². The predicted octanol–water partition coefficient (Wildman–Crippen LogP) is 1.86. The molecule has 0 aliphatic carbocycles. The summed E-state index contributed by atoms with van der Waals surface area (Å²) < 4.78 is 13.3. The van der Waals surface area contributed by atoms with E-state index in [1.165, 1.54) is 12.1 Å². The molecule has 3 unspecified atom stereocenters. The van der Waals surface area contributed by atoms with Crippen molar-refractivity contribution in [3.63, 3.8) is 0 Å². The Hall–Kier alpha value is -1.90. The van der Waals surface area contributed by atoms with E-state index in [1.807, 2.05) is 25.1 Å². The number of aromatic nitrogens is 1. The van der Waals surface area contributed by atoms with Crippen LogP contribution in [-0.4, -0.2) is 65.3 Å². The SMILES string of the molecule is Cc1cccc(CN2CCN(CC3CNNC3c3ccc(F)cc3)CC2CCO)n1. The predicted molar refractivity (Wildman–Crippen MR) is 115 cm³/mol. The lowest BCUT2D eigenvalue weighted by atomic mass is 9.93. The van der Waals surface area contributed by atoms with E-state index in [9.17, 15) is 9.50 Å². The zero-order valence-electron chi connectivity index (χ0n) is 17.6.